The van der Waals surface area contributed by atoms with Gasteiger partial charge >= 0.3 is 0 Å². The van der Waals surface area contributed by atoms with Crippen molar-refractivity contribution in [2.45, 2.75) is 12.8 Å². The molecule has 1 aliphatic heterocycles. The Hall–Kier alpha value is -1.88. The zero-order chi connectivity index (χ0) is 12.4. The Morgan fingerprint density at radius 3 is 3.28 bits per heavy atom. The number of hydrogen-bond acceptors (Lipinski definition) is 5. The summed E-state index contributed by atoms with van der Waals surface area (Å²) in [5, 5.41) is 13.1. The van der Waals surface area contributed by atoms with Crippen molar-refractivity contribution < 1.29 is 9.84 Å². The van der Waals surface area contributed by atoms with Crippen LogP contribution in [0.2, 0.25) is 0 Å². The van der Waals surface area contributed by atoms with Gasteiger partial charge in [0.1, 0.15) is 5.52 Å². The fraction of sp³-hybridized carbons (Fsp3) is 0.385. The fourth-order valence-corrected chi connectivity index (χ4v) is 2.19. The van der Waals surface area contributed by atoms with Crippen LogP contribution in [0.25, 0.3) is 10.9 Å². The molecule has 0 spiro atoms. The number of nitrogens with one attached hydrogen (secondary N) is 1. The van der Waals surface area contributed by atoms with Gasteiger partial charge in [-0.15, -0.1) is 0 Å². The highest BCUT2D eigenvalue weighted by Crippen LogP contribution is 2.33. The average Bonchev–Trinajstić information content (AvgIpc) is 2.87. The highest BCUT2D eigenvalue weighted by Gasteiger charge is 2.20. The van der Waals surface area contributed by atoms with E-state index in [0.717, 1.165) is 28.7 Å². The van der Waals surface area contributed by atoms with Gasteiger partial charge < -0.3 is 15.2 Å². The largest absolute Gasteiger partial charge is 0.477 e. The molecule has 2 aromatic heterocycles. The molecule has 0 radical (unpaired) electrons. The smallest absolute Gasteiger partial charge is 0.219 e. The van der Waals surface area contributed by atoms with Crippen LogP contribution in [0.3, 0.4) is 0 Å². The molecule has 0 aromatic carbocycles. The van der Waals surface area contributed by atoms with Crippen molar-refractivity contribution >= 4 is 16.7 Å². The first-order valence-corrected chi connectivity index (χ1v) is 6.15. The van der Waals surface area contributed by atoms with Gasteiger partial charge in [-0.2, -0.15) is 4.98 Å². The lowest BCUT2D eigenvalue weighted by Crippen LogP contribution is -2.06. The molecular formula is C13H15N3O2. The molecule has 3 heterocycles. The Kier molecular flexibility index (Phi) is 2.98. The SMILES string of the molecule is OCCCNc1nc2c(c3cccnc13)CCO2. The van der Waals surface area contributed by atoms with Gasteiger partial charge in [-0.25, -0.2) is 0 Å². The van der Waals surface area contributed by atoms with Crippen molar-refractivity contribution in [3.05, 3.63) is 23.9 Å². The molecule has 0 aliphatic carbocycles. The number of aliphatic hydroxyl groups excluding tert-OH is 1. The van der Waals surface area contributed by atoms with Gasteiger partial charge in [0.15, 0.2) is 5.82 Å². The first-order valence-electron chi connectivity index (χ1n) is 6.15. The molecule has 5 nitrogen and oxygen atoms in total. The summed E-state index contributed by atoms with van der Waals surface area (Å²) in [7, 11) is 0. The van der Waals surface area contributed by atoms with Gasteiger partial charge in [0.25, 0.3) is 0 Å². The molecule has 0 unspecified atom stereocenters. The third-order valence-corrected chi connectivity index (χ3v) is 3.05. The van der Waals surface area contributed by atoms with E-state index in [1.165, 1.54) is 0 Å². The van der Waals surface area contributed by atoms with Crippen LogP contribution in [0.4, 0.5) is 5.82 Å². The highest BCUT2D eigenvalue weighted by atomic mass is 16.5. The predicted molar refractivity (Wildman–Crippen MR) is 68.9 cm³/mol. The Morgan fingerprint density at radius 1 is 1.44 bits per heavy atom. The molecule has 2 aromatic rings. The lowest BCUT2D eigenvalue weighted by atomic mass is 10.1. The first-order chi connectivity index (χ1) is 8.90. The van der Waals surface area contributed by atoms with Gasteiger partial charge in [-0.3, -0.25) is 4.98 Å². The van der Waals surface area contributed by atoms with Crippen molar-refractivity contribution in [3.8, 4) is 5.88 Å². The van der Waals surface area contributed by atoms with Gasteiger partial charge in [0, 0.05) is 36.7 Å². The second-order valence-electron chi connectivity index (χ2n) is 4.25. The molecule has 2 N–H and O–H groups in total. The molecule has 0 saturated carbocycles. The summed E-state index contributed by atoms with van der Waals surface area (Å²) in [6.07, 6.45) is 3.35. The van der Waals surface area contributed by atoms with Gasteiger partial charge in [-0.1, -0.05) is 6.07 Å². The summed E-state index contributed by atoms with van der Waals surface area (Å²) in [4.78, 5) is 8.87. The van der Waals surface area contributed by atoms with Crippen LogP contribution in [0.5, 0.6) is 5.88 Å². The lowest BCUT2D eigenvalue weighted by Gasteiger charge is -2.10. The maximum atomic E-state index is 8.81. The molecule has 0 fully saturated rings. The number of pyridine rings is 2. The van der Waals surface area contributed by atoms with Gasteiger partial charge in [0.2, 0.25) is 5.88 Å². The predicted octanol–water partition coefficient (Wildman–Crippen LogP) is 1.36. The second-order valence-corrected chi connectivity index (χ2v) is 4.25. The van der Waals surface area contributed by atoms with E-state index in [1.54, 1.807) is 6.20 Å². The minimum atomic E-state index is 0.166. The number of fused-ring (bicyclic) bond motifs is 3. The van der Waals surface area contributed by atoms with E-state index in [-0.39, 0.29) is 6.61 Å². The van der Waals surface area contributed by atoms with Crippen LogP contribution in [0.15, 0.2) is 18.3 Å². The Labute approximate surface area is 105 Å². The normalized spacial score (nSPS) is 13.4. The number of rotatable bonds is 4. The Bertz CT molecular complexity index is 571. The molecule has 94 valence electrons. The van der Waals surface area contributed by atoms with Crippen molar-refractivity contribution in [3.63, 3.8) is 0 Å². The van der Waals surface area contributed by atoms with E-state index >= 15 is 0 Å². The van der Waals surface area contributed by atoms with Crippen molar-refractivity contribution in [1.29, 1.82) is 0 Å². The summed E-state index contributed by atoms with van der Waals surface area (Å²) in [6, 6.07) is 3.98. The van der Waals surface area contributed by atoms with Crippen molar-refractivity contribution in [1.82, 2.24) is 9.97 Å². The zero-order valence-corrected chi connectivity index (χ0v) is 10.0. The minimum Gasteiger partial charge on any atom is -0.477 e. The summed E-state index contributed by atoms with van der Waals surface area (Å²) in [5.41, 5.74) is 2.02. The number of aliphatic hydroxyl groups is 1. The van der Waals surface area contributed by atoms with Crippen LogP contribution in [-0.4, -0.2) is 34.8 Å². The van der Waals surface area contributed by atoms with Crippen LogP contribution in [0.1, 0.15) is 12.0 Å². The van der Waals surface area contributed by atoms with E-state index in [1.807, 2.05) is 6.07 Å². The monoisotopic (exact) mass is 245 g/mol. The molecular weight excluding hydrogens is 230 g/mol. The third-order valence-electron chi connectivity index (χ3n) is 3.05. The molecule has 0 bridgehead atoms. The quantitative estimate of drug-likeness (QED) is 0.796. The van der Waals surface area contributed by atoms with Crippen molar-refractivity contribution in [2.24, 2.45) is 0 Å². The fourth-order valence-electron chi connectivity index (χ4n) is 2.19. The van der Waals surface area contributed by atoms with E-state index in [2.05, 4.69) is 21.4 Å². The zero-order valence-electron chi connectivity index (χ0n) is 10.0. The Balaban J connectivity index is 2.05. The maximum absolute atomic E-state index is 8.81. The van der Waals surface area contributed by atoms with Gasteiger partial charge in [0.05, 0.1) is 6.61 Å². The van der Waals surface area contributed by atoms with Crippen LogP contribution < -0.4 is 10.1 Å². The first kappa shape index (κ1) is 11.2. The molecule has 0 atom stereocenters. The topological polar surface area (TPSA) is 67.3 Å². The van der Waals surface area contributed by atoms with E-state index < -0.39 is 0 Å². The maximum Gasteiger partial charge on any atom is 0.219 e. The standard InChI is InChI=1S/C13H15N3O2/c17-7-2-6-15-12-11-9(3-1-5-14-11)10-4-8-18-13(10)16-12/h1,3,5,17H,2,4,6-8H2,(H,15,16). The molecule has 0 amide bonds. The van der Waals surface area contributed by atoms with Crippen LogP contribution >= 0.6 is 0 Å². The molecule has 5 heteroatoms. The van der Waals surface area contributed by atoms with E-state index in [0.29, 0.717) is 25.5 Å². The minimum absolute atomic E-state index is 0.166. The third kappa shape index (κ3) is 1.86. The summed E-state index contributed by atoms with van der Waals surface area (Å²) in [6.45, 7) is 1.53. The summed E-state index contributed by atoms with van der Waals surface area (Å²) in [5.74, 6) is 1.45. The summed E-state index contributed by atoms with van der Waals surface area (Å²) >= 11 is 0. The van der Waals surface area contributed by atoms with Crippen LogP contribution in [-0.2, 0) is 6.42 Å². The van der Waals surface area contributed by atoms with Crippen LogP contribution in [0, 0.1) is 0 Å². The lowest BCUT2D eigenvalue weighted by molar-refractivity contribution is 0.292. The van der Waals surface area contributed by atoms with E-state index in [4.69, 9.17) is 9.84 Å². The van der Waals surface area contributed by atoms with Gasteiger partial charge in [-0.05, 0) is 12.5 Å². The second kappa shape index (κ2) is 4.78. The molecule has 0 saturated heterocycles. The number of aromatic nitrogens is 2. The number of ether oxygens (including phenoxy) is 1. The molecule has 18 heavy (non-hydrogen) atoms. The highest BCUT2D eigenvalue weighted by molar-refractivity contribution is 5.92. The number of hydrogen-bond donors (Lipinski definition) is 2. The number of anilines is 1. The van der Waals surface area contributed by atoms with Crippen molar-refractivity contribution in [2.75, 3.05) is 25.1 Å². The van der Waals surface area contributed by atoms with E-state index in [9.17, 15) is 0 Å². The number of nitrogens with zero attached hydrogens (tertiary/aromatic N) is 2. The molecule has 3 rings (SSSR count). The Morgan fingerprint density at radius 2 is 2.39 bits per heavy atom. The summed E-state index contributed by atoms with van der Waals surface area (Å²) < 4.78 is 5.53. The average molecular weight is 245 g/mol. The molecule has 1 aliphatic rings.